The predicted molar refractivity (Wildman–Crippen MR) is 65.9 cm³/mol. The molecule has 1 aliphatic carbocycles. The monoisotopic (exact) mass is 218 g/mol. The number of anilines is 1. The van der Waals surface area contributed by atoms with Crippen molar-refractivity contribution in [3.63, 3.8) is 0 Å². The summed E-state index contributed by atoms with van der Waals surface area (Å²) in [6.45, 7) is 0. The molecule has 0 bridgehead atoms. The number of benzene rings is 1. The molecule has 0 spiro atoms. The lowest BCUT2D eigenvalue weighted by molar-refractivity contribution is 0.0785. The number of hydrogen-bond acceptors (Lipinski definition) is 2. The van der Waals surface area contributed by atoms with Crippen molar-refractivity contribution in [3.8, 4) is 0 Å². The van der Waals surface area contributed by atoms with Crippen LogP contribution in [-0.2, 0) is 0 Å². The van der Waals surface area contributed by atoms with E-state index in [1.807, 2.05) is 55.2 Å². The maximum atomic E-state index is 12.0. The zero-order valence-electron chi connectivity index (χ0n) is 10.1. The van der Waals surface area contributed by atoms with Crippen LogP contribution in [0.2, 0.25) is 0 Å². The Morgan fingerprint density at radius 1 is 1.12 bits per heavy atom. The Morgan fingerprint density at radius 2 is 1.69 bits per heavy atom. The molecular weight excluding hydrogens is 200 g/mol. The first-order chi connectivity index (χ1) is 7.59. The fourth-order valence-electron chi connectivity index (χ4n) is 1.73. The standard InChI is InChI=1S/C13H18N2O/c1-14(2)11-6-4-10(5-7-11)13(16)15(3)12-8-9-12/h4-7,12H,8-9H2,1-3H3. The molecular formula is C13H18N2O. The van der Waals surface area contributed by atoms with Gasteiger partial charge in [0.1, 0.15) is 0 Å². The molecule has 0 saturated heterocycles. The highest BCUT2D eigenvalue weighted by Crippen LogP contribution is 2.26. The average molecular weight is 218 g/mol. The van der Waals surface area contributed by atoms with Gasteiger partial charge in [-0.15, -0.1) is 0 Å². The molecule has 1 aromatic carbocycles. The van der Waals surface area contributed by atoms with Crippen molar-refractivity contribution in [1.82, 2.24) is 4.90 Å². The number of nitrogens with zero attached hydrogens (tertiary/aromatic N) is 2. The lowest BCUT2D eigenvalue weighted by Crippen LogP contribution is -2.28. The van der Waals surface area contributed by atoms with E-state index in [9.17, 15) is 4.79 Å². The minimum atomic E-state index is 0.132. The molecule has 0 radical (unpaired) electrons. The van der Waals surface area contributed by atoms with Crippen molar-refractivity contribution >= 4 is 11.6 Å². The molecule has 1 saturated carbocycles. The van der Waals surface area contributed by atoms with Gasteiger partial charge in [0.2, 0.25) is 0 Å². The summed E-state index contributed by atoms with van der Waals surface area (Å²) in [5.41, 5.74) is 1.89. The summed E-state index contributed by atoms with van der Waals surface area (Å²) in [5, 5.41) is 0. The largest absolute Gasteiger partial charge is 0.378 e. The minimum absolute atomic E-state index is 0.132. The summed E-state index contributed by atoms with van der Waals surface area (Å²) in [5.74, 6) is 0.132. The molecule has 0 heterocycles. The second kappa shape index (κ2) is 4.16. The van der Waals surface area contributed by atoms with Gasteiger partial charge in [-0.1, -0.05) is 0 Å². The van der Waals surface area contributed by atoms with Gasteiger partial charge in [-0.25, -0.2) is 0 Å². The van der Waals surface area contributed by atoms with Gasteiger partial charge in [-0.05, 0) is 37.1 Å². The molecule has 3 nitrogen and oxygen atoms in total. The normalized spacial score (nSPS) is 14.7. The summed E-state index contributed by atoms with van der Waals surface area (Å²) < 4.78 is 0. The van der Waals surface area contributed by atoms with Gasteiger partial charge in [-0.2, -0.15) is 0 Å². The number of hydrogen-bond donors (Lipinski definition) is 0. The first-order valence-electron chi connectivity index (χ1n) is 5.64. The number of rotatable bonds is 3. The second-order valence-corrected chi connectivity index (χ2v) is 4.59. The van der Waals surface area contributed by atoms with E-state index in [1.165, 1.54) is 0 Å². The van der Waals surface area contributed by atoms with Gasteiger partial charge in [0, 0.05) is 38.4 Å². The molecule has 1 aliphatic rings. The summed E-state index contributed by atoms with van der Waals surface area (Å²) in [7, 11) is 5.88. The molecule has 0 unspecified atom stereocenters. The average Bonchev–Trinajstić information content (AvgIpc) is 3.11. The Hall–Kier alpha value is -1.51. The van der Waals surface area contributed by atoms with E-state index in [0.717, 1.165) is 24.1 Å². The first kappa shape index (κ1) is 11.0. The summed E-state index contributed by atoms with van der Waals surface area (Å²) >= 11 is 0. The quantitative estimate of drug-likeness (QED) is 0.774. The zero-order chi connectivity index (χ0) is 11.7. The van der Waals surface area contributed by atoms with Crippen LogP contribution in [0.4, 0.5) is 5.69 Å². The van der Waals surface area contributed by atoms with E-state index < -0.39 is 0 Å². The summed E-state index contributed by atoms with van der Waals surface area (Å²) in [4.78, 5) is 15.9. The zero-order valence-corrected chi connectivity index (χ0v) is 10.1. The van der Waals surface area contributed by atoms with E-state index in [2.05, 4.69) is 0 Å². The van der Waals surface area contributed by atoms with Crippen LogP contribution in [0.5, 0.6) is 0 Å². The Kier molecular flexibility index (Phi) is 2.86. The highest BCUT2D eigenvalue weighted by molar-refractivity contribution is 5.94. The minimum Gasteiger partial charge on any atom is -0.378 e. The fraction of sp³-hybridized carbons (Fsp3) is 0.462. The van der Waals surface area contributed by atoms with Crippen molar-refractivity contribution in [3.05, 3.63) is 29.8 Å². The molecule has 0 N–H and O–H groups in total. The lowest BCUT2D eigenvalue weighted by Gasteiger charge is -2.17. The Morgan fingerprint density at radius 3 is 2.12 bits per heavy atom. The molecule has 16 heavy (non-hydrogen) atoms. The highest BCUT2D eigenvalue weighted by Gasteiger charge is 2.29. The topological polar surface area (TPSA) is 23.6 Å². The third kappa shape index (κ3) is 2.18. The first-order valence-corrected chi connectivity index (χ1v) is 5.64. The number of carbonyl (C=O) groups is 1. The second-order valence-electron chi connectivity index (χ2n) is 4.59. The Balaban J connectivity index is 2.11. The predicted octanol–water partition coefficient (Wildman–Crippen LogP) is 1.99. The van der Waals surface area contributed by atoms with Gasteiger partial charge in [0.05, 0.1) is 0 Å². The van der Waals surface area contributed by atoms with Crippen LogP contribution in [0, 0.1) is 0 Å². The van der Waals surface area contributed by atoms with Crippen molar-refractivity contribution in [2.75, 3.05) is 26.0 Å². The van der Waals surface area contributed by atoms with Crippen LogP contribution >= 0.6 is 0 Å². The van der Waals surface area contributed by atoms with Crippen LogP contribution in [0.15, 0.2) is 24.3 Å². The number of carbonyl (C=O) groups excluding carboxylic acids is 1. The van der Waals surface area contributed by atoms with Crippen molar-refractivity contribution in [1.29, 1.82) is 0 Å². The SMILES string of the molecule is CN(C)c1ccc(C(=O)N(C)C2CC2)cc1. The van der Waals surface area contributed by atoms with Crippen molar-refractivity contribution < 1.29 is 4.79 Å². The molecule has 1 fully saturated rings. The smallest absolute Gasteiger partial charge is 0.253 e. The van der Waals surface area contributed by atoms with Gasteiger partial charge < -0.3 is 9.80 Å². The van der Waals surface area contributed by atoms with Crippen molar-refractivity contribution in [2.45, 2.75) is 18.9 Å². The lowest BCUT2D eigenvalue weighted by atomic mass is 10.2. The molecule has 2 rings (SSSR count). The van der Waals surface area contributed by atoms with E-state index >= 15 is 0 Å². The van der Waals surface area contributed by atoms with E-state index in [4.69, 9.17) is 0 Å². The fourth-order valence-corrected chi connectivity index (χ4v) is 1.73. The van der Waals surface area contributed by atoms with Gasteiger partial charge in [0.25, 0.3) is 5.91 Å². The van der Waals surface area contributed by atoms with Gasteiger partial charge in [0.15, 0.2) is 0 Å². The third-order valence-corrected chi connectivity index (χ3v) is 3.05. The maximum absolute atomic E-state index is 12.0. The number of amides is 1. The van der Waals surface area contributed by atoms with Gasteiger partial charge >= 0.3 is 0 Å². The van der Waals surface area contributed by atoms with Crippen LogP contribution in [0.25, 0.3) is 0 Å². The highest BCUT2D eigenvalue weighted by atomic mass is 16.2. The van der Waals surface area contributed by atoms with Crippen LogP contribution < -0.4 is 4.90 Å². The molecule has 1 aromatic rings. The summed E-state index contributed by atoms with van der Waals surface area (Å²) in [6, 6.07) is 8.23. The van der Waals surface area contributed by atoms with E-state index in [0.29, 0.717) is 6.04 Å². The molecule has 0 aromatic heterocycles. The molecule has 0 atom stereocenters. The Labute approximate surface area is 96.7 Å². The van der Waals surface area contributed by atoms with E-state index in [-0.39, 0.29) is 5.91 Å². The third-order valence-electron chi connectivity index (χ3n) is 3.05. The van der Waals surface area contributed by atoms with Gasteiger partial charge in [-0.3, -0.25) is 4.79 Å². The van der Waals surface area contributed by atoms with E-state index in [1.54, 1.807) is 0 Å². The molecule has 3 heteroatoms. The van der Waals surface area contributed by atoms with Crippen LogP contribution in [0.1, 0.15) is 23.2 Å². The van der Waals surface area contributed by atoms with Crippen molar-refractivity contribution in [2.24, 2.45) is 0 Å². The van der Waals surface area contributed by atoms with Crippen LogP contribution in [0.3, 0.4) is 0 Å². The Bertz CT molecular complexity index is 379. The molecule has 86 valence electrons. The molecule has 0 aliphatic heterocycles. The summed E-state index contributed by atoms with van der Waals surface area (Å²) in [6.07, 6.45) is 2.30. The van der Waals surface area contributed by atoms with Crippen LogP contribution in [-0.4, -0.2) is 38.0 Å². The molecule has 1 amide bonds. The maximum Gasteiger partial charge on any atom is 0.253 e.